The first-order chi connectivity index (χ1) is 4.77. The van der Waals surface area contributed by atoms with Gasteiger partial charge < -0.3 is 5.73 Å². The average Bonchev–Trinajstić information content (AvgIpc) is 1.89. The van der Waals surface area contributed by atoms with Crippen LogP contribution in [0.5, 0.6) is 0 Å². The lowest BCUT2D eigenvalue weighted by Crippen LogP contribution is -2.39. The van der Waals surface area contributed by atoms with E-state index in [1.54, 1.807) is 5.94 Å². The molecule has 0 aromatic rings. The zero-order valence-electron chi connectivity index (χ0n) is 6.10. The molecule has 0 unspecified atom stereocenters. The van der Waals surface area contributed by atoms with Crippen molar-refractivity contribution in [3.63, 3.8) is 0 Å². The Hall–Kier alpha value is -0.590. The predicted molar refractivity (Wildman–Crippen MR) is 40.3 cm³/mol. The van der Waals surface area contributed by atoms with Crippen LogP contribution in [0.15, 0.2) is 6.08 Å². The molecule has 1 fully saturated rings. The Morgan fingerprint density at radius 3 is 2.40 bits per heavy atom. The standard InChI is InChI=1S/C8H13NO/c9-8(6-7-10)4-2-1-3-5-8/h6H,1-5,9H2. The zero-order chi connectivity index (χ0) is 7.45. The van der Waals surface area contributed by atoms with Gasteiger partial charge in [0.15, 0.2) is 0 Å². The van der Waals surface area contributed by atoms with Crippen molar-refractivity contribution >= 4 is 5.94 Å². The van der Waals surface area contributed by atoms with Crippen LogP contribution in [-0.2, 0) is 4.79 Å². The van der Waals surface area contributed by atoms with Crippen molar-refractivity contribution in [3.05, 3.63) is 6.08 Å². The Morgan fingerprint density at radius 1 is 1.30 bits per heavy atom. The molecule has 0 aliphatic heterocycles. The van der Waals surface area contributed by atoms with Crippen LogP contribution in [0.3, 0.4) is 0 Å². The maximum atomic E-state index is 10.0. The molecule has 1 rings (SSSR count). The lowest BCUT2D eigenvalue weighted by molar-refractivity contribution is 0.359. The third-order valence-corrected chi connectivity index (χ3v) is 2.13. The van der Waals surface area contributed by atoms with Gasteiger partial charge in [-0.2, -0.15) is 0 Å². The van der Waals surface area contributed by atoms with Crippen molar-refractivity contribution in [1.82, 2.24) is 0 Å². The Kier molecular flexibility index (Phi) is 2.25. The monoisotopic (exact) mass is 139 g/mol. The summed E-state index contributed by atoms with van der Waals surface area (Å²) in [7, 11) is 0. The third-order valence-electron chi connectivity index (χ3n) is 2.13. The highest BCUT2D eigenvalue weighted by Gasteiger charge is 2.24. The Bertz CT molecular complexity index is 153. The van der Waals surface area contributed by atoms with Crippen molar-refractivity contribution in [3.8, 4) is 0 Å². The van der Waals surface area contributed by atoms with Crippen LogP contribution in [0.4, 0.5) is 0 Å². The van der Waals surface area contributed by atoms with E-state index in [-0.39, 0.29) is 5.54 Å². The summed E-state index contributed by atoms with van der Waals surface area (Å²) in [5.41, 5.74) is 5.53. The number of carbonyl (C=O) groups excluding carboxylic acids is 1. The van der Waals surface area contributed by atoms with Gasteiger partial charge in [-0.05, 0) is 12.8 Å². The summed E-state index contributed by atoms with van der Waals surface area (Å²) >= 11 is 0. The summed E-state index contributed by atoms with van der Waals surface area (Å²) in [4.78, 5) is 10.0. The Balaban J connectivity index is 2.56. The summed E-state index contributed by atoms with van der Waals surface area (Å²) < 4.78 is 0. The van der Waals surface area contributed by atoms with Gasteiger partial charge in [0.2, 0.25) is 0 Å². The number of nitrogens with two attached hydrogens (primary N) is 1. The average molecular weight is 139 g/mol. The molecule has 0 atom stereocenters. The maximum absolute atomic E-state index is 10.0. The van der Waals surface area contributed by atoms with E-state index in [1.165, 1.54) is 12.5 Å². The topological polar surface area (TPSA) is 43.1 Å². The van der Waals surface area contributed by atoms with Gasteiger partial charge in [-0.3, -0.25) is 0 Å². The van der Waals surface area contributed by atoms with Gasteiger partial charge >= 0.3 is 0 Å². The van der Waals surface area contributed by atoms with Crippen LogP contribution in [0.2, 0.25) is 0 Å². The fourth-order valence-corrected chi connectivity index (χ4v) is 1.47. The van der Waals surface area contributed by atoms with E-state index in [1.807, 2.05) is 0 Å². The number of hydrogen-bond donors (Lipinski definition) is 1. The molecular formula is C8H13NO. The highest BCUT2D eigenvalue weighted by molar-refractivity contribution is 5.48. The first-order valence-electron chi connectivity index (χ1n) is 3.78. The fraction of sp³-hybridized carbons (Fsp3) is 0.750. The van der Waals surface area contributed by atoms with Gasteiger partial charge in [-0.1, -0.05) is 19.3 Å². The van der Waals surface area contributed by atoms with Crippen LogP contribution >= 0.6 is 0 Å². The molecule has 2 nitrogen and oxygen atoms in total. The molecule has 10 heavy (non-hydrogen) atoms. The molecule has 0 aromatic heterocycles. The van der Waals surface area contributed by atoms with Gasteiger partial charge in [0.25, 0.3) is 0 Å². The molecule has 0 amide bonds. The van der Waals surface area contributed by atoms with Crippen LogP contribution in [0.1, 0.15) is 32.1 Å². The van der Waals surface area contributed by atoms with Crippen molar-refractivity contribution in [2.75, 3.05) is 0 Å². The van der Waals surface area contributed by atoms with Crippen molar-refractivity contribution in [2.45, 2.75) is 37.6 Å². The van der Waals surface area contributed by atoms with E-state index in [4.69, 9.17) is 5.73 Å². The minimum absolute atomic E-state index is 0.319. The highest BCUT2D eigenvalue weighted by Crippen LogP contribution is 2.25. The zero-order valence-corrected chi connectivity index (χ0v) is 6.10. The van der Waals surface area contributed by atoms with Gasteiger partial charge in [-0.25, -0.2) is 4.79 Å². The molecule has 2 heteroatoms. The first-order valence-corrected chi connectivity index (χ1v) is 3.78. The molecule has 2 N–H and O–H groups in total. The van der Waals surface area contributed by atoms with E-state index in [2.05, 4.69) is 0 Å². The Labute approximate surface area is 61.1 Å². The normalized spacial score (nSPS) is 23.3. The van der Waals surface area contributed by atoms with E-state index < -0.39 is 0 Å². The van der Waals surface area contributed by atoms with Crippen LogP contribution in [0.25, 0.3) is 0 Å². The minimum atomic E-state index is -0.319. The second-order valence-electron chi connectivity index (χ2n) is 3.06. The molecule has 1 aliphatic rings. The minimum Gasteiger partial charge on any atom is -0.321 e. The van der Waals surface area contributed by atoms with Crippen molar-refractivity contribution in [1.29, 1.82) is 0 Å². The summed E-state index contributed by atoms with van der Waals surface area (Å²) in [6.07, 6.45) is 6.92. The van der Waals surface area contributed by atoms with E-state index in [0.29, 0.717) is 0 Å². The quantitative estimate of drug-likeness (QED) is 0.551. The first kappa shape index (κ1) is 7.52. The molecule has 1 saturated carbocycles. The van der Waals surface area contributed by atoms with Crippen LogP contribution < -0.4 is 5.73 Å². The van der Waals surface area contributed by atoms with E-state index >= 15 is 0 Å². The SMILES string of the molecule is NC1(C=C=O)CCCCC1. The molecule has 0 spiro atoms. The maximum Gasteiger partial charge on any atom is 0.121 e. The summed E-state index contributed by atoms with van der Waals surface area (Å²) in [6, 6.07) is 0. The molecule has 0 saturated heterocycles. The Morgan fingerprint density at radius 2 is 1.90 bits per heavy atom. The van der Waals surface area contributed by atoms with E-state index in [9.17, 15) is 4.79 Å². The van der Waals surface area contributed by atoms with E-state index in [0.717, 1.165) is 25.7 Å². The van der Waals surface area contributed by atoms with Crippen LogP contribution in [-0.4, -0.2) is 11.5 Å². The molecule has 56 valence electrons. The van der Waals surface area contributed by atoms with Crippen LogP contribution in [0, 0.1) is 0 Å². The summed E-state index contributed by atoms with van der Waals surface area (Å²) in [6.45, 7) is 0. The van der Waals surface area contributed by atoms with Gasteiger partial charge in [-0.15, -0.1) is 0 Å². The van der Waals surface area contributed by atoms with Gasteiger partial charge in [0.05, 0.1) is 0 Å². The molecule has 0 bridgehead atoms. The summed E-state index contributed by atoms with van der Waals surface area (Å²) in [5, 5.41) is 0. The van der Waals surface area contributed by atoms with Gasteiger partial charge in [0.1, 0.15) is 5.94 Å². The second-order valence-corrected chi connectivity index (χ2v) is 3.06. The molecular weight excluding hydrogens is 126 g/mol. The van der Waals surface area contributed by atoms with Crippen molar-refractivity contribution in [2.24, 2.45) is 5.73 Å². The molecule has 0 aromatic carbocycles. The molecule has 1 aliphatic carbocycles. The smallest absolute Gasteiger partial charge is 0.121 e. The third kappa shape index (κ3) is 1.69. The fourth-order valence-electron chi connectivity index (χ4n) is 1.47. The number of hydrogen-bond acceptors (Lipinski definition) is 2. The summed E-state index contributed by atoms with van der Waals surface area (Å²) in [5.74, 6) is 1.78. The predicted octanol–water partition coefficient (Wildman–Crippen LogP) is 1.04. The number of rotatable bonds is 1. The lowest BCUT2D eigenvalue weighted by Gasteiger charge is -2.28. The molecule has 0 radical (unpaired) electrons. The molecule has 0 heterocycles. The second kappa shape index (κ2) is 3.00. The highest BCUT2D eigenvalue weighted by atomic mass is 16.1. The largest absolute Gasteiger partial charge is 0.321 e. The lowest BCUT2D eigenvalue weighted by atomic mass is 9.83. The van der Waals surface area contributed by atoms with Gasteiger partial charge in [0, 0.05) is 11.6 Å². The van der Waals surface area contributed by atoms with Crippen molar-refractivity contribution < 1.29 is 4.79 Å².